The predicted molar refractivity (Wildman–Crippen MR) is 58.2 cm³/mol. The van der Waals surface area contributed by atoms with Crippen molar-refractivity contribution < 1.29 is 1.43 Å². The van der Waals surface area contributed by atoms with Crippen LogP contribution in [0.2, 0.25) is 0 Å². The smallest absolute Gasteiger partial charge is 0.151 e. The molecular formula is C12H11N2+. The second kappa shape index (κ2) is 4.33. The topological polar surface area (TPSA) is 24.7 Å². The zero-order valence-electron chi connectivity index (χ0n) is 8.67. The first-order chi connectivity index (χ1) is 6.95. The molecule has 0 atom stereocenters. The molecule has 0 aliphatic carbocycles. The summed E-state index contributed by atoms with van der Waals surface area (Å²) in [5.41, 5.74) is 1.74. The molecule has 0 fully saturated rings. The van der Waals surface area contributed by atoms with Crippen molar-refractivity contribution in [2.24, 2.45) is 10.2 Å². The summed E-state index contributed by atoms with van der Waals surface area (Å²) >= 11 is 0. The quantitative estimate of drug-likeness (QED) is 0.623. The Hall–Kier alpha value is -1.96. The summed E-state index contributed by atoms with van der Waals surface area (Å²) in [4.78, 5) is 0. The molecule has 0 radical (unpaired) electrons. The summed E-state index contributed by atoms with van der Waals surface area (Å²) in [5, 5.41) is 8.20. The highest BCUT2D eigenvalue weighted by atomic mass is 15.1. The summed E-state index contributed by atoms with van der Waals surface area (Å²) in [6.07, 6.45) is 0. The molecule has 0 bridgehead atoms. The number of hydrogen-bond acceptors (Lipinski definition) is 2. The molecular weight excluding hydrogens is 172 g/mol. The van der Waals surface area contributed by atoms with Gasteiger partial charge in [0, 0.05) is 0 Å². The van der Waals surface area contributed by atoms with Crippen molar-refractivity contribution in [2.45, 2.75) is 0 Å². The summed E-state index contributed by atoms with van der Waals surface area (Å²) in [7, 11) is 0. The van der Waals surface area contributed by atoms with E-state index < -0.39 is 0 Å². The summed E-state index contributed by atoms with van der Waals surface area (Å²) in [5.74, 6) is 0. The fourth-order valence-electron chi connectivity index (χ4n) is 1.10. The monoisotopic (exact) mass is 183 g/mol. The van der Waals surface area contributed by atoms with E-state index in [0.29, 0.717) is 0 Å². The molecule has 0 aliphatic rings. The van der Waals surface area contributed by atoms with Crippen LogP contribution in [0.4, 0.5) is 11.4 Å². The highest BCUT2D eigenvalue weighted by Crippen LogP contribution is 2.16. The summed E-state index contributed by atoms with van der Waals surface area (Å²) in [6, 6.07) is 19.4. The molecule has 0 aromatic heterocycles. The maximum Gasteiger partial charge on any atom is 1.00 e. The van der Waals surface area contributed by atoms with Gasteiger partial charge in [0.1, 0.15) is 0 Å². The molecule has 2 aromatic rings. The Labute approximate surface area is 84.4 Å². The van der Waals surface area contributed by atoms with Gasteiger partial charge in [-0.2, -0.15) is 10.2 Å². The van der Waals surface area contributed by atoms with Gasteiger partial charge in [-0.15, -0.1) is 0 Å². The van der Waals surface area contributed by atoms with Crippen LogP contribution >= 0.6 is 0 Å². The van der Waals surface area contributed by atoms with Gasteiger partial charge in [-0.3, -0.25) is 0 Å². The highest BCUT2D eigenvalue weighted by molar-refractivity contribution is 5.39. The van der Waals surface area contributed by atoms with Crippen LogP contribution in [0.25, 0.3) is 0 Å². The van der Waals surface area contributed by atoms with Crippen LogP contribution in [0, 0.1) is 0 Å². The minimum absolute atomic E-state index is 0. The summed E-state index contributed by atoms with van der Waals surface area (Å²) < 4.78 is 0. The Morgan fingerprint density at radius 1 is 0.571 bits per heavy atom. The third kappa shape index (κ3) is 2.26. The first-order valence-electron chi connectivity index (χ1n) is 4.47. The fraction of sp³-hybridized carbons (Fsp3) is 0. The van der Waals surface area contributed by atoms with Crippen molar-refractivity contribution >= 4 is 11.4 Å². The zero-order chi connectivity index (χ0) is 9.64. The average molecular weight is 183 g/mol. The van der Waals surface area contributed by atoms with Crippen LogP contribution in [0.5, 0.6) is 0 Å². The summed E-state index contributed by atoms with van der Waals surface area (Å²) in [6.45, 7) is 0. The lowest BCUT2D eigenvalue weighted by Gasteiger charge is -1.91. The first-order valence-corrected chi connectivity index (χ1v) is 4.47. The van der Waals surface area contributed by atoms with Crippen molar-refractivity contribution in [3.05, 3.63) is 60.7 Å². The van der Waals surface area contributed by atoms with E-state index in [4.69, 9.17) is 0 Å². The second-order valence-corrected chi connectivity index (χ2v) is 2.87. The predicted octanol–water partition coefficient (Wildman–Crippen LogP) is 4.21. The fourth-order valence-corrected chi connectivity index (χ4v) is 1.10. The Bertz CT molecular complexity index is 371. The average Bonchev–Trinajstić information content (AvgIpc) is 2.29. The normalized spacial score (nSPS) is 10.6. The standard InChI is InChI=1S/C12H10N2/c1-3-7-11(8-4-1)13-14-12-9-5-2-6-10-12/h1-10H/p+1. The molecule has 2 nitrogen and oxygen atoms in total. The number of rotatable bonds is 2. The molecule has 0 unspecified atom stereocenters. The van der Waals surface area contributed by atoms with Crippen molar-refractivity contribution in [3.63, 3.8) is 0 Å². The molecule has 0 saturated carbocycles. The van der Waals surface area contributed by atoms with E-state index >= 15 is 0 Å². The molecule has 2 rings (SSSR count). The van der Waals surface area contributed by atoms with Gasteiger partial charge in [0.05, 0.1) is 11.4 Å². The number of azo groups is 1. The van der Waals surface area contributed by atoms with E-state index in [-0.39, 0.29) is 1.43 Å². The molecule has 14 heavy (non-hydrogen) atoms. The minimum atomic E-state index is 0. The Morgan fingerprint density at radius 3 is 1.29 bits per heavy atom. The van der Waals surface area contributed by atoms with E-state index in [1.165, 1.54) is 0 Å². The Balaban J connectivity index is 0.00000112. The molecule has 0 amide bonds. The molecule has 2 heteroatoms. The highest BCUT2D eigenvalue weighted by Gasteiger charge is 1.86. The van der Waals surface area contributed by atoms with E-state index in [0.717, 1.165) is 11.4 Å². The van der Waals surface area contributed by atoms with Crippen LogP contribution in [-0.2, 0) is 0 Å². The van der Waals surface area contributed by atoms with Gasteiger partial charge in [0.25, 0.3) is 0 Å². The third-order valence-electron chi connectivity index (χ3n) is 1.79. The van der Waals surface area contributed by atoms with Gasteiger partial charge in [-0.05, 0) is 24.3 Å². The minimum Gasteiger partial charge on any atom is -0.151 e. The molecule has 2 aromatic carbocycles. The SMILES string of the molecule is [H+].c1ccc(N=Nc2ccccc2)cc1. The molecule has 0 spiro atoms. The van der Waals surface area contributed by atoms with Crippen LogP contribution in [-0.4, -0.2) is 0 Å². The van der Waals surface area contributed by atoms with Crippen molar-refractivity contribution in [1.29, 1.82) is 0 Å². The maximum absolute atomic E-state index is 4.10. The molecule has 0 aliphatic heterocycles. The zero-order valence-corrected chi connectivity index (χ0v) is 7.67. The van der Waals surface area contributed by atoms with Crippen molar-refractivity contribution in [2.75, 3.05) is 0 Å². The lowest BCUT2D eigenvalue weighted by atomic mass is 10.3. The van der Waals surface area contributed by atoms with Gasteiger partial charge in [-0.1, -0.05) is 36.4 Å². The largest absolute Gasteiger partial charge is 1.00 e. The van der Waals surface area contributed by atoms with Gasteiger partial charge in [-0.25, -0.2) is 0 Å². The van der Waals surface area contributed by atoms with E-state index in [1.54, 1.807) is 0 Å². The van der Waals surface area contributed by atoms with E-state index in [1.807, 2.05) is 60.7 Å². The number of nitrogens with zero attached hydrogens (tertiary/aromatic N) is 2. The van der Waals surface area contributed by atoms with Gasteiger partial charge in [0.2, 0.25) is 0 Å². The van der Waals surface area contributed by atoms with Crippen LogP contribution < -0.4 is 0 Å². The van der Waals surface area contributed by atoms with Crippen molar-refractivity contribution in [3.8, 4) is 0 Å². The van der Waals surface area contributed by atoms with E-state index in [9.17, 15) is 0 Å². The molecule has 0 N–H and O–H groups in total. The van der Waals surface area contributed by atoms with Gasteiger partial charge < -0.3 is 0 Å². The maximum atomic E-state index is 4.10. The van der Waals surface area contributed by atoms with E-state index in [2.05, 4.69) is 10.2 Å². The van der Waals surface area contributed by atoms with Gasteiger partial charge in [0.15, 0.2) is 0 Å². The van der Waals surface area contributed by atoms with Gasteiger partial charge >= 0.3 is 1.43 Å². The number of benzene rings is 2. The third-order valence-corrected chi connectivity index (χ3v) is 1.79. The lowest BCUT2D eigenvalue weighted by molar-refractivity contribution is 1.23. The lowest BCUT2D eigenvalue weighted by Crippen LogP contribution is -1.62. The Morgan fingerprint density at radius 2 is 0.929 bits per heavy atom. The number of hydrogen-bond donors (Lipinski definition) is 0. The molecule has 0 saturated heterocycles. The van der Waals surface area contributed by atoms with Crippen LogP contribution in [0.3, 0.4) is 0 Å². The molecule has 0 heterocycles. The Kier molecular flexibility index (Phi) is 2.67. The van der Waals surface area contributed by atoms with Crippen LogP contribution in [0.1, 0.15) is 1.43 Å². The first kappa shape index (κ1) is 8.63. The van der Waals surface area contributed by atoms with Crippen molar-refractivity contribution in [1.82, 2.24) is 0 Å². The molecule has 68 valence electrons. The van der Waals surface area contributed by atoms with Crippen LogP contribution in [0.15, 0.2) is 70.9 Å². The second-order valence-electron chi connectivity index (χ2n) is 2.87.